The van der Waals surface area contributed by atoms with Gasteiger partial charge in [0.15, 0.2) is 17.5 Å². The second-order valence-electron chi connectivity index (χ2n) is 4.31. The molecule has 1 aromatic rings. The minimum atomic E-state index is -1.72. The molecule has 1 unspecified atom stereocenters. The van der Waals surface area contributed by atoms with Crippen molar-refractivity contribution in [3.8, 4) is 0 Å². The van der Waals surface area contributed by atoms with Gasteiger partial charge in [0, 0.05) is 13.1 Å². The predicted octanol–water partition coefficient (Wildman–Crippen LogP) is 2.29. The van der Waals surface area contributed by atoms with E-state index in [1.54, 1.807) is 6.92 Å². The van der Waals surface area contributed by atoms with E-state index in [1.165, 1.54) is 6.92 Å². The third-order valence-electron chi connectivity index (χ3n) is 2.85. The molecule has 0 aliphatic heterocycles. The van der Waals surface area contributed by atoms with E-state index in [9.17, 15) is 22.8 Å². The SMILES string of the molecule is CCN(CC(C)C(=O)O)C(=O)c1ccc(F)c(F)c1F. The van der Waals surface area contributed by atoms with Crippen molar-refractivity contribution in [2.75, 3.05) is 13.1 Å². The molecule has 0 fully saturated rings. The first-order valence-corrected chi connectivity index (χ1v) is 5.95. The molecule has 4 nitrogen and oxygen atoms in total. The number of carboxylic acid groups (broad SMARTS) is 1. The zero-order valence-corrected chi connectivity index (χ0v) is 11.0. The maximum Gasteiger partial charge on any atom is 0.308 e. The lowest BCUT2D eigenvalue weighted by atomic mass is 10.1. The molecule has 1 rings (SSSR count). The molecule has 0 radical (unpaired) electrons. The van der Waals surface area contributed by atoms with E-state index >= 15 is 0 Å². The number of carbonyl (C=O) groups excluding carboxylic acids is 1. The lowest BCUT2D eigenvalue weighted by Crippen LogP contribution is -2.37. The fraction of sp³-hybridized carbons (Fsp3) is 0.385. The van der Waals surface area contributed by atoms with Gasteiger partial charge in [0.05, 0.1) is 11.5 Å². The first kappa shape index (κ1) is 16.0. The van der Waals surface area contributed by atoms with Gasteiger partial charge in [0.2, 0.25) is 0 Å². The average molecular weight is 289 g/mol. The Hall–Kier alpha value is -2.05. The molecule has 0 spiro atoms. The van der Waals surface area contributed by atoms with Gasteiger partial charge < -0.3 is 10.0 Å². The van der Waals surface area contributed by atoms with Crippen molar-refractivity contribution >= 4 is 11.9 Å². The van der Waals surface area contributed by atoms with Crippen LogP contribution in [0.15, 0.2) is 12.1 Å². The number of hydrogen-bond donors (Lipinski definition) is 1. The van der Waals surface area contributed by atoms with E-state index in [2.05, 4.69) is 0 Å². The van der Waals surface area contributed by atoms with Crippen LogP contribution in [0.1, 0.15) is 24.2 Å². The summed E-state index contributed by atoms with van der Waals surface area (Å²) in [5.74, 6) is -7.53. The van der Waals surface area contributed by atoms with Gasteiger partial charge in [0.1, 0.15) is 0 Å². The minimum absolute atomic E-state index is 0.120. The highest BCUT2D eigenvalue weighted by atomic mass is 19.2. The molecule has 0 aliphatic carbocycles. The number of aliphatic carboxylic acids is 1. The lowest BCUT2D eigenvalue weighted by Gasteiger charge is -2.23. The Bertz CT molecular complexity index is 534. The molecule has 1 amide bonds. The van der Waals surface area contributed by atoms with E-state index < -0.39 is 40.8 Å². The molecule has 7 heteroatoms. The summed E-state index contributed by atoms with van der Waals surface area (Å²) in [6.07, 6.45) is 0. The molecular formula is C13H14F3NO3. The van der Waals surface area contributed by atoms with Crippen molar-refractivity contribution in [1.29, 1.82) is 0 Å². The number of benzene rings is 1. The molecule has 0 heterocycles. The molecule has 0 saturated carbocycles. The first-order chi connectivity index (χ1) is 9.29. The summed E-state index contributed by atoms with van der Waals surface area (Å²) >= 11 is 0. The van der Waals surface area contributed by atoms with E-state index in [-0.39, 0.29) is 13.1 Å². The van der Waals surface area contributed by atoms with Crippen LogP contribution in [0.4, 0.5) is 13.2 Å². The van der Waals surface area contributed by atoms with Gasteiger partial charge in [-0.3, -0.25) is 9.59 Å². The van der Waals surface area contributed by atoms with Crippen LogP contribution in [-0.4, -0.2) is 35.0 Å². The summed E-state index contributed by atoms with van der Waals surface area (Å²) in [5, 5.41) is 8.79. The fourth-order valence-corrected chi connectivity index (χ4v) is 1.63. The van der Waals surface area contributed by atoms with Gasteiger partial charge in [-0.1, -0.05) is 6.92 Å². The van der Waals surface area contributed by atoms with Crippen LogP contribution in [0.25, 0.3) is 0 Å². The van der Waals surface area contributed by atoms with Crippen molar-refractivity contribution in [2.24, 2.45) is 5.92 Å². The van der Waals surface area contributed by atoms with Crippen LogP contribution >= 0.6 is 0 Å². The van der Waals surface area contributed by atoms with Crippen LogP contribution in [0.2, 0.25) is 0 Å². The van der Waals surface area contributed by atoms with Crippen molar-refractivity contribution in [3.63, 3.8) is 0 Å². The summed E-state index contributed by atoms with van der Waals surface area (Å²) < 4.78 is 39.4. The Morgan fingerprint density at radius 1 is 1.25 bits per heavy atom. The van der Waals surface area contributed by atoms with Crippen molar-refractivity contribution in [2.45, 2.75) is 13.8 Å². The van der Waals surface area contributed by atoms with E-state index in [0.717, 1.165) is 11.0 Å². The highest BCUT2D eigenvalue weighted by Gasteiger charge is 2.25. The highest BCUT2D eigenvalue weighted by Crippen LogP contribution is 2.17. The number of carbonyl (C=O) groups is 2. The summed E-state index contributed by atoms with van der Waals surface area (Å²) in [6.45, 7) is 2.93. The van der Waals surface area contributed by atoms with Crippen LogP contribution in [-0.2, 0) is 4.79 Å². The van der Waals surface area contributed by atoms with Gasteiger partial charge >= 0.3 is 5.97 Å². The molecule has 0 saturated heterocycles. The topological polar surface area (TPSA) is 57.6 Å². The highest BCUT2D eigenvalue weighted by molar-refractivity contribution is 5.94. The Kier molecular flexibility index (Phi) is 5.12. The maximum atomic E-state index is 13.5. The predicted molar refractivity (Wildman–Crippen MR) is 64.7 cm³/mol. The maximum absolute atomic E-state index is 13.5. The van der Waals surface area contributed by atoms with Crippen molar-refractivity contribution in [1.82, 2.24) is 4.90 Å². The van der Waals surface area contributed by atoms with E-state index in [4.69, 9.17) is 5.11 Å². The van der Waals surface area contributed by atoms with Gasteiger partial charge in [0.25, 0.3) is 5.91 Å². The van der Waals surface area contributed by atoms with Crippen LogP contribution in [0.3, 0.4) is 0 Å². The summed E-state index contributed by atoms with van der Waals surface area (Å²) in [6, 6.07) is 1.49. The van der Waals surface area contributed by atoms with Gasteiger partial charge in [-0.25, -0.2) is 13.2 Å². The van der Waals surface area contributed by atoms with E-state index in [1.807, 2.05) is 0 Å². The molecule has 110 valence electrons. The van der Waals surface area contributed by atoms with Crippen LogP contribution in [0, 0.1) is 23.4 Å². The molecule has 0 bridgehead atoms. The zero-order chi connectivity index (χ0) is 15.4. The third-order valence-corrected chi connectivity index (χ3v) is 2.85. The average Bonchev–Trinajstić information content (AvgIpc) is 2.41. The fourth-order valence-electron chi connectivity index (χ4n) is 1.63. The molecule has 1 aromatic carbocycles. The van der Waals surface area contributed by atoms with E-state index in [0.29, 0.717) is 6.07 Å². The largest absolute Gasteiger partial charge is 0.481 e. The normalized spacial score (nSPS) is 12.1. The molecule has 1 N–H and O–H groups in total. The quantitative estimate of drug-likeness (QED) is 0.846. The van der Waals surface area contributed by atoms with Gasteiger partial charge in [-0.15, -0.1) is 0 Å². The molecule has 0 aliphatic rings. The summed E-state index contributed by atoms with van der Waals surface area (Å²) in [4.78, 5) is 23.8. The van der Waals surface area contributed by atoms with Gasteiger partial charge in [-0.2, -0.15) is 0 Å². The molecule has 20 heavy (non-hydrogen) atoms. The molecule has 1 atom stereocenters. The van der Waals surface area contributed by atoms with Crippen molar-refractivity contribution < 1.29 is 27.9 Å². The summed E-state index contributed by atoms with van der Waals surface area (Å²) in [7, 11) is 0. The second-order valence-corrected chi connectivity index (χ2v) is 4.31. The number of hydrogen-bond acceptors (Lipinski definition) is 2. The Balaban J connectivity index is 3.03. The summed E-state index contributed by atoms with van der Waals surface area (Å²) in [5.41, 5.74) is -0.622. The minimum Gasteiger partial charge on any atom is -0.481 e. The second kappa shape index (κ2) is 6.40. The smallest absolute Gasteiger partial charge is 0.308 e. The monoisotopic (exact) mass is 289 g/mol. The van der Waals surface area contributed by atoms with Gasteiger partial charge in [-0.05, 0) is 19.1 Å². The Morgan fingerprint density at radius 2 is 1.85 bits per heavy atom. The standard InChI is InChI=1S/C13H14F3NO3/c1-3-17(6-7(2)13(19)20)12(18)8-4-5-9(14)11(16)10(8)15/h4-5,7H,3,6H2,1-2H3,(H,19,20). The van der Waals surface area contributed by atoms with Crippen LogP contribution in [0.5, 0.6) is 0 Å². The molecular weight excluding hydrogens is 275 g/mol. The number of amides is 1. The number of carboxylic acids is 1. The Labute approximate surface area is 113 Å². The zero-order valence-electron chi connectivity index (χ0n) is 11.0. The number of halogens is 3. The number of rotatable bonds is 5. The number of nitrogens with zero attached hydrogens (tertiary/aromatic N) is 1. The third kappa shape index (κ3) is 3.28. The molecule has 0 aromatic heterocycles. The first-order valence-electron chi connectivity index (χ1n) is 5.95. The lowest BCUT2D eigenvalue weighted by molar-refractivity contribution is -0.141. The van der Waals surface area contributed by atoms with Crippen LogP contribution < -0.4 is 0 Å². The van der Waals surface area contributed by atoms with Crippen molar-refractivity contribution in [3.05, 3.63) is 35.1 Å². The Morgan fingerprint density at radius 3 is 2.35 bits per heavy atom.